The Kier molecular flexibility index (Phi) is 6.33. The van der Waals surface area contributed by atoms with Crippen molar-refractivity contribution in [2.45, 2.75) is 38.8 Å². The summed E-state index contributed by atoms with van der Waals surface area (Å²) >= 11 is 0. The summed E-state index contributed by atoms with van der Waals surface area (Å²) < 4.78 is 5.63. The van der Waals surface area contributed by atoms with E-state index in [9.17, 15) is 5.11 Å². The molecule has 0 aliphatic carbocycles. The van der Waals surface area contributed by atoms with E-state index in [4.69, 9.17) is 4.74 Å². The molecular formula is C15H25NO2. The number of nitrogens with one attached hydrogen (secondary N) is 1. The lowest BCUT2D eigenvalue weighted by molar-refractivity contribution is -0.00215. The molecule has 2 N–H and O–H groups in total. The molecule has 0 aliphatic heterocycles. The molecule has 0 saturated carbocycles. The van der Waals surface area contributed by atoms with E-state index in [0.29, 0.717) is 6.61 Å². The van der Waals surface area contributed by atoms with Crippen molar-refractivity contribution in [2.75, 3.05) is 19.8 Å². The Morgan fingerprint density at radius 3 is 2.44 bits per heavy atom. The molecule has 1 unspecified atom stereocenters. The fourth-order valence-electron chi connectivity index (χ4n) is 1.72. The van der Waals surface area contributed by atoms with Crippen LogP contribution in [0.15, 0.2) is 30.3 Å². The highest BCUT2D eigenvalue weighted by molar-refractivity contribution is 5.15. The SMILES string of the molecule is CC(C)(C)OCCNC(CO)Cc1ccccc1. The lowest BCUT2D eigenvalue weighted by Crippen LogP contribution is -2.37. The van der Waals surface area contributed by atoms with Gasteiger partial charge in [-0.05, 0) is 32.8 Å². The highest BCUT2D eigenvalue weighted by Crippen LogP contribution is 2.06. The molecule has 18 heavy (non-hydrogen) atoms. The first-order valence-corrected chi connectivity index (χ1v) is 6.53. The summed E-state index contributed by atoms with van der Waals surface area (Å²) in [6, 6.07) is 10.3. The number of aliphatic hydroxyl groups is 1. The fourth-order valence-corrected chi connectivity index (χ4v) is 1.72. The quantitative estimate of drug-likeness (QED) is 0.728. The van der Waals surface area contributed by atoms with Gasteiger partial charge in [-0.25, -0.2) is 0 Å². The zero-order valence-corrected chi connectivity index (χ0v) is 11.6. The van der Waals surface area contributed by atoms with Gasteiger partial charge in [-0.15, -0.1) is 0 Å². The van der Waals surface area contributed by atoms with Crippen LogP contribution in [0.5, 0.6) is 0 Å². The third-order valence-electron chi connectivity index (χ3n) is 2.62. The topological polar surface area (TPSA) is 41.5 Å². The second kappa shape index (κ2) is 7.52. The zero-order chi connectivity index (χ0) is 13.4. The molecule has 3 heteroatoms. The van der Waals surface area contributed by atoms with Crippen LogP contribution in [0.25, 0.3) is 0 Å². The molecule has 0 aromatic heterocycles. The molecule has 0 heterocycles. The summed E-state index contributed by atoms with van der Waals surface area (Å²) in [6.45, 7) is 7.69. The number of ether oxygens (including phenoxy) is 1. The van der Waals surface area contributed by atoms with E-state index in [1.165, 1.54) is 5.56 Å². The summed E-state index contributed by atoms with van der Waals surface area (Å²) in [5.41, 5.74) is 1.14. The van der Waals surface area contributed by atoms with E-state index in [-0.39, 0.29) is 18.2 Å². The van der Waals surface area contributed by atoms with Crippen LogP contribution >= 0.6 is 0 Å². The van der Waals surface area contributed by atoms with Crippen molar-refractivity contribution < 1.29 is 9.84 Å². The van der Waals surface area contributed by atoms with Crippen molar-refractivity contribution in [3.63, 3.8) is 0 Å². The van der Waals surface area contributed by atoms with E-state index >= 15 is 0 Å². The summed E-state index contributed by atoms with van der Waals surface area (Å²) in [7, 11) is 0. The second-order valence-electron chi connectivity index (χ2n) is 5.48. The van der Waals surface area contributed by atoms with Crippen molar-refractivity contribution in [3.8, 4) is 0 Å². The Morgan fingerprint density at radius 2 is 1.89 bits per heavy atom. The highest BCUT2D eigenvalue weighted by Gasteiger charge is 2.11. The van der Waals surface area contributed by atoms with Crippen LogP contribution in [0.4, 0.5) is 0 Å². The largest absolute Gasteiger partial charge is 0.395 e. The predicted octanol–water partition coefficient (Wildman–Crippen LogP) is 1.99. The van der Waals surface area contributed by atoms with Gasteiger partial charge < -0.3 is 15.2 Å². The van der Waals surface area contributed by atoms with Crippen LogP contribution in [-0.4, -0.2) is 36.5 Å². The number of benzene rings is 1. The average Bonchev–Trinajstić information content (AvgIpc) is 2.33. The molecule has 1 atom stereocenters. The van der Waals surface area contributed by atoms with E-state index in [2.05, 4.69) is 17.4 Å². The number of hydrogen-bond donors (Lipinski definition) is 2. The lowest BCUT2D eigenvalue weighted by Gasteiger charge is -2.21. The smallest absolute Gasteiger partial charge is 0.0599 e. The van der Waals surface area contributed by atoms with Gasteiger partial charge >= 0.3 is 0 Å². The van der Waals surface area contributed by atoms with Gasteiger partial charge in [0.2, 0.25) is 0 Å². The van der Waals surface area contributed by atoms with Gasteiger partial charge in [-0.1, -0.05) is 30.3 Å². The Labute approximate surface area is 110 Å². The summed E-state index contributed by atoms with van der Waals surface area (Å²) in [6.07, 6.45) is 0.840. The first kappa shape index (κ1) is 15.2. The maximum atomic E-state index is 9.34. The van der Waals surface area contributed by atoms with Gasteiger partial charge in [0, 0.05) is 12.6 Å². The monoisotopic (exact) mass is 251 g/mol. The van der Waals surface area contributed by atoms with Crippen LogP contribution in [-0.2, 0) is 11.2 Å². The van der Waals surface area contributed by atoms with Crippen molar-refractivity contribution in [2.24, 2.45) is 0 Å². The van der Waals surface area contributed by atoms with Crippen LogP contribution < -0.4 is 5.32 Å². The molecule has 1 aromatic carbocycles. The molecule has 0 saturated heterocycles. The molecule has 0 bridgehead atoms. The van der Waals surface area contributed by atoms with Gasteiger partial charge in [0.25, 0.3) is 0 Å². The third kappa shape index (κ3) is 6.74. The van der Waals surface area contributed by atoms with E-state index < -0.39 is 0 Å². The lowest BCUT2D eigenvalue weighted by atomic mass is 10.1. The van der Waals surface area contributed by atoms with Gasteiger partial charge in [-0.3, -0.25) is 0 Å². The molecule has 0 radical (unpaired) electrons. The first-order valence-electron chi connectivity index (χ1n) is 6.53. The molecule has 0 spiro atoms. The number of aliphatic hydroxyl groups excluding tert-OH is 1. The maximum absolute atomic E-state index is 9.34. The summed E-state index contributed by atoms with van der Waals surface area (Å²) in [5.74, 6) is 0. The van der Waals surface area contributed by atoms with Crippen molar-refractivity contribution in [3.05, 3.63) is 35.9 Å². The molecule has 3 nitrogen and oxygen atoms in total. The number of hydrogen-bond acceptors (Lipinski definition) is 3. The molecule has 102 valence electrons. The third-order valence-corrected chi connectivity index (χ3v) is 2.62. The van der Waals surface area contributed by atoms with E-state index in [0.717, 1.165) is 13.0 Å². The van der Waals surface area contributed by atoms with E-state index in [1.807, 2.05) is 39.0 Å². The fraction of sp³-hybridized carbons (Fsp3) is 0.600. The van der Waals surface area contributed by atoms with Crippen molar-refractivity contribution >= 4 is 0 Å². The van der Waals surface area contributed by atoms with Crippen LogP contribution in [0.2, 0.25) is 0 Å². The molecule has 0 fully saturated rings. The Bertz CT molecular complexity index is 319. The van der Waals surface area contributed by atoms with Gasteiger partial charge in [0.1, 0.15) is 0 Å². The molecule has 1 rings (SSSR count). The first-order chi connectivity index (χ1) is 8.51. The normalized spacial score (nSPS) is 13.6. The Hall–Kier alpha value is -0.900. The minimum atomic E-state index is -0.101. The summed E-state index contributed by atoms with van der Waals surface area (Å²) in [5, 5.41) is 12.7. The maximum Gasteiger partial charge on any atom is 0.0599 e. The summed E-state index contributed by atoms with van der Waals surface area (Å²) in [4.78, 5) is 0. The minimum Gasteiger partial charge on any atom is -0.395 e. The molecule has 0 aliphatic rings. The molecule has 0 amide bonds. The molecule has 1 aromatic rings. The zero-order valence-electron chi connectivity index (χ0n) is 11.6. The van der Waals surface area contributed by atoms with Crippen LogP contribution in [0, 0.1) is 0 Å². The molecular weight excluding hydrogens is 226 g/mol. The van der Waals surface area contributed by atoms with Gasteiger partial charge in [0.05, 0.1) is 18.8 Å². The average molecular weight is 251 g/mol. The van der Waals surface area contributed by atoms with Crippen molar-refractivity contribution in [1.29, 1.82) is 0 Å². The van der Waals surface area contributed by atoms with Crippen LogP contribution in [0.3, 0.4) is 0 Å². The standard InChI is InChI=1S/C15H25NO2/c1-15(2,3)18-10-9-16-14(12-17)11-13-7-5-4-6-8-13/h4-8,14,16-17H,9-12H2,1-3H3. The Morgan fingerprint density at radius 1 is 1.22 bits per heavy atom. The number of rotatable bonds is 7. The van der Waals surface area contributed by atoms with Gasteiger partial charge in [0.15, 0.2) is 0 Å². The second-order valence-corrected chi connectivity index (χ2v) is 5.48. The van der Waals surface area contributed by atoms with Gasteiger partial charge in [-0.2, -0.15) is 0 Å². The Balaban J connectivity index is 2.26. The van der Waals surface area contributed by atoms with Crippen LogP contribution in [0.1, 0.15) is 26.3 Å². The minimum absolute atomic E-state index is 0.0935. The predicted molar refractivity (Wildman–Crippen MR) is 74.7 cm³/mol. The highest BCUT2D eigenvalue weighted by atomic mass is 16.5. The van der Waals surface area contributed by atoms with E-state index in [1.54, 1.807) is 0 Å². The van der Waals surface area contributed by atoms with Crippen molar-refractivity contribution in [1.82, 2.24) is 5.32 Å².